The van der Waals surface area contributed by atoms with Crippen molar-refractivity contribution in [2.24, 2.45) is 5.92 Å². The highest BCUT2D eigenvalue weighted by Crippen LogP contribution is 2.07. The Morgan fingerprint density at radius 2 is 1.30 bits per heavy atom. The Labute approximate surface area is 143 Å². The van der Waals surface area contributed by atoms with Crippen molar-refractivity contribution in [3.63, 3.8) is 0 Å². The van der Waals surface area contributed by atoms with Crippen LogP contribution in [-0.2, 0) is 4.79 Å². The van der Waals surface area contributed by atoms with Gasteiger partial charge in [-0.1, -0.05) is 69.6 Å². The molecular weight excluding hydrogens is 284 g/mol. The molecule has 0 bridgehead atoms. The molecule has 0 aromatic heterocycles. The van der Waals surface area contributed by atoms with Gasteiger partial charge in [0, 0.05) is 6.42 Å². The van der Waals surface area contributed by atoms with Crippen molar-refractivity contribution < 1.29 is 9.90 Å². The van der Waals surface area contributed by atoms with Crippen LogP contribution in [0.25, 0.3) is 0 Å². The van der Waals surface area contributed by atoms with Crippen LogP contribution in [-0.4, -0.2) is 11.1 Å². The van der Waals surface area contributed by atoms with Gasteiger partial charge in [-0.05, 0) is 50.9 Å². The van der Waals surface area contributed by atoms with E-state index >= 15 is 0 Å². The van der Waals surface area contributed by atoms with Crippen molar-refractivity contribution in [1.82, 2.24) is 0 Å². The lowest BCUT2D eigenvalue weighted by Gasteiger charge is -2.00. The summed E-state index contributed by atoms with van der Waals surface area (Å²) in [5.74, 6) is 0.141. The highest BCUT2D eigenvalue weighted by molar-refractivity contribution is 5.66. The van der Waals surface area contributed by atoms with Crippen molar-refractivity contribution in [3.8, 4) is 0 Å². The predicted octanol–water partition coefficient (Wildman–Crippen LogP) is 6.69. The lowest BCUT2D eigenvalue weighted by molar-refractivity contribution is -0.137. The predicted molar refractivity (Wildman–Crippen MR) is 101 cm³/mol. The van der Waals surface area contributed by atoms with E-state index in [0.29, 0.717) is 6.42 Å². The van der Waals surface area contributed by atoms with Crippen molar-refractivity contribution in [2.45, 2.75) is 84.5 Å². The van der Waals surface area contributed by atoms with Crippen LogP contribution >= 0.6 is 0 Å². The first-order chi connectivity index (χ1) is 11.1. The van der Waals surface area contributed by atoms with E-state index in [1.54, 1.807) is 0 Å². The molecule has 0 rings (SSSR count). The van der Waals surface area contributed by atoms with Gasteiger partial charge < -0.3 is 5.11 Å². The average Bonchev–Trinajstić information content (AvgIpc) is 2.49. The van der Waals surface area contributed by atoms with Crippen LogP contribution in [0.2, 0.25) is 0 Å². The van der Waals surface area contributed by atoms with Gasteiger partial charge in [-0.15, -0.1) is 0 Å². The lowest BCUT2D eigenvalue weighted by Crippen LogP contribution is -1.93. The number of aliphatic carboxylic acids is 1. The monoisotopic (exact) mass is 320 g/mol. The molecule has 0 aliphatic carbocycles. The summed E-state index contributed by atoms with van der Waals surface area (Å²) in [6.07, 6.45) is 24.9. The summed E-state index contributed by atoms with van der Waals surface area (Å²) >= 11 is 0. The normalized spacial score (nSPS) is 12.3. The minimum Gasteiger partial charge on any atom is -0.481 e. The number of unbranched alkanes of at least 4 members (excludes halogenated alkanes) is 5. The Balaban J connectivity index is 3.32. The van der Waals surface area contributed by atoms with Crippen LogP contribution in [0.4, 0.5) is 0 Å². The van der Waals surface area contributed by atoms with Gasteiger partial charge in [-0.25, -0.2) is 0 Å². The first kappa shape index (κ1) is 21.7. The first-order valence-corrected chi connectivity index (χ1v) is 9.29. The van der Waals surface area contributed by atoms with E-state index < -0.39 is 5.97 Å². The molecule has 1 N–H and O–H groups in total. The third-order valence-electron chi connectivity index (χ3n) is 3.71. The van der Waals surface area contributed by atoms with Crippen LogP contribution in [0.5, 0.6) is 0 Å². The van der Waals surface area contributed by atoms with Crippen molar-refractivity contribution in [3.05, 3.63) is 36.5 Å². The first-order valence-electron chi connectivity index (χ1n) is 9.29. The lowest BCUT2D eigenvalue weighted by atomic mass is 10.1. The Morgan fingerprint density at radius 1 is 0.783 bits per heavy atom. The standard InChI is InChI=1S/C21H36O2/c1-20(2)18-16-14-12-10-8-6-4-3-5-7-9-11-13-15-17-19-21(22)23/h4-7,10,12,20H,3,8-9,11,13-19H2,1-2H3,(H,22,23)/b6-4-,7-5-,12-10-. The molecule has 0 radical (unpaired) electrons. The van der Waals surface area contributed by atoms with Gasteiger partial charge in [-0.3, -0.25) is 4.79 Å². The van der Waals surface area contributed by atoms with Crippen LogP contribution in [0, 0.1) is 5.92 Å². The van der Waals surface area contributed by atoms with E-state index in [9.17, 15) is 4.79 Å². The molecule has 0 saturated heterocycles. The van der Waals surface area contributed by atoms with E-state index in [-0.39, 0.29) is 0 Å². The second kappa shape index (κ2) is 17.1. The Bertz CT molecular complexity index is 351. The molecule has 0 heterocycles. The number of hydrogen-bond donors (Lipinski definition) is 1. The topological polar surface area (TPSA) is 37.3 Å². The van der Waals surface area contributed by atoms with Crippen LogP contribution in [0.15, 0.2) is 36.5 Å². The number of rotatable bonds is 15. The largest absolute Gasteiger partial charge is 0.481 e. The molecule has 0 aliphatic heterocycles. The Hall–Kier alpha value is -1.31. The number of carbonyl (C=O) groups is 1. The van der Waals surface area contributed by atoms with E-state index in [2.05, 4.69) is 50.3 Å². The Morgan fingerprint density at radius 3 is 1.87 bits per heavy atom. The quantitative estimate of drug-likeness (QED) is 0.270. The molecule has 0 fully saturated rings. The van der Waals surface area contributed by atoms with Crippen molar-refractivity contribution in [1.29, 1.82) is 0 Å². The fraction of sp³-hybridized carbons (Fsp3) is 0.667. The summed E-state index contributed by atoms with van der Waals surface area (Å²) in [5, 5.41) is 8.53. The van der Waals surface area contributed by atoms with Crippen LogP contribution < -0.4 is 0 Å². The molecule has 0 aliphatic rings. The third-order valence-corrected chi connectivity index (χ3v) is 3.71. The van der Waals surface area contributed by atoms with Gasteiger partial charge >= 0.3 is 5.97 Å². The van der Waals surface area contributed by atoms with Gasteiger partial charge in [0.1, 0.15) is 0 Å². The zero-order valence-electron chi connectivity index (χ0n) is 15.2. The highest BCUT2D eigenvalue weighted by atomic mass is 16.4. The van der Waals surface area contributed by atoms with E-state index in [1.165, 1.54) is 25.7 Å². The van der Waals surface area contributed by atoms with Crippen LogP contribution in [0.3, 0.4) is 0 Å². The minimum atomic E-state index is -0.679. The Kier molecular flexibility index (Phi) is 16.1. The molecule has 2 nitrogen and oxygen atoms in total. The highest BCUT2D eigenvalue weighted by Gasteiger charge is 1.95. The average molecular weight is 321 g/mol. The second-order valence-corrected chi connectivity index (χ2v) is 6.56. The van der Waals surface area contributed by atoms with Crippen molar-refractivity contribution in [2.75, 3.05) is 0 Å². The molecule has 0 amide bonds. The summed E-state index contributed by atoms with van der Waals surface area (Å²) in [6, 6.07) is 0. The fourth-order valence-electron chi connectivity index (χ4n) is 2.31. The van der Waals surface area contributed by atoms with Gasteiger partial charge in [0.15, 0.2) is 0 Å². The summed E-state index contributed by atoms with van der Waals surface area (Å²) in [5.41, 5.74) is 0. The summed E-state index contributed by atoms with van der Waals surface area (Å²) in [4.78, 5) is 10.3. The van der Waals surface area contributed by atoms with Gasteiger partial charge in [-0.2, -0.15) is 0 Å². The fourth-order valence-corrected chi connectivity index (χ4v) is 2.31. The molecule has 0 aromatic carbocycles. The molecule has 0 aromatic rings. The maximum absolute atomic E-state index is 10.3. The van der Waals surface area contributed by atoms with Gasteiger partial charge in [0.05, 0.1) is 0 Å². The summed E-state index contributed by atoms with van der Waals surface area (Å²) < 4.78 is 0. The molecular formula is C21H36O2. The molecule has 0 unspecified atom stereocenters. The molecule has 2 heteroatoms. The maximum Gasteiger partial charge on any atom is 0.303 e. The molecule has 23 heavy (non-hydrogen) atoms. The molecule has 0 atom stereocenters. The van der Waals surface area contributed by atoms with Crippen LogP contribution in [0.1, 0.15) is 84.5 Å². The van der Waals surface area contributed by atoms with Gasteiger partial charge in [0.25, 0.3) is 0 Å². The maximum atomic E-state index is 10.3. The molecule has 0 spiro atoms. The minimum absolute atomic E-state index is 0.312. The zero-order valence-corrected chi connectivity index (χ0v) is 15.2. The number of hydrogen-bond acceptors (Lipinski definition) is 1. The summed E-state index contributed by atoms with van der Waals surface area (Å²) in [6.45, 7) is 4.55. The zero-order chi connectivity index (χ0) is 17.2. The smallest absolute Gasteiger partial charge is 0.303 e. The summed E-state index contributed by atoms with van der Waals surface area (Å²) in [7, 11) is 0. The van der Waals surface area contributed by atoms with E-state index in [0.717, 1.165) is 44.4 Å². The van der Waals surface area contributed by atoms with E-state index in [1.807, 2.05) is 0 Å². The molecule has 0 saturated carbocycles. The number of carboxylic acid groups (broad SMARTS) is 1. The second-order valence-electron chi connectivity index (χ2n) is 6.56. The van der Waals surface area contributed by atoms with Gasteiger partial charge in [0.2, 0.25) is 0 Å². The number of carboxylic acids is 1. The third kappa shape index (κ3) is 20.7. The van der Waals surface area contributed by atoms with Crippen molar-refractivity contribution >= 4 is 5.97 Å². The van der Waals surface area contributed by atoms with E-state index in [4.69, 9.17) is 5.11 Å². The molecule has 132 valence electrons. The number of allylic oxidation sites excluding steroid dienone is 6. The SMILES string of the molecule is CC(C)CCC/C=C\C/C=C\C/C=C\CCCCCCC(=O)O.